The Bertz CT molecular complexity index is 1130. The van der Waals surface area contributed by atoms with Crippen LogP contribution in [-0.4, -0.2) is 83.0 Å². The second-order valence-electron chi connectivity index (χ2n) is 7.46. The summed E-state index contributed by atoms with van der Waals surface area (Å²) in [6, 6.07) is 3.76. The highest BCUT2D eigenvalue weighted by Crippen LogP contribution is 2.20. The SMILES string of the molecule is Nc1nonc1-n1nnc(C(=O)OCCc2ccncc2)c1CN1CCCCC1.O=C(O)C(=O)O. The molecule has 3 aromatic rings. The zero-order valence-electron chi connectivity index (χ0n) is 18.6. The third kappa shape index (κ3) is 7.04. The fourth-order valence-electron chi connectivity index (χ4n) is 3.32. The summed E-state index contributed by atoms with van der Waals surface area (Å²) in [4.78, 5) is 37.1. The molecule has 0 spiro atoms. The molecule has 3 aromatic heterocycles. The van der Waals surface area contributed by atoms with Gasteiger partial charge in [0.1, 0.15) is 0 Å². The Morgan fingerprint density at radius 2 is 1.74 bits per heavy atom. The summed E-state index contributed by atoms with van der Waals surface area (Å²) >= 11 is 0. The lowest BCUT2D eigenvalue weighted by Gasteiger charge is -2.26. The molecule has 1 fully saturated rings. The first kappa shape index (κ1) is 25.2. The van der Waals surface area contributed by atoms with E-state index in [4.69, 9.17) is 30.3 Å². The van der Waals surface area contributed by atoms with Crippen molar-refractivity contribution in [3.8, 4) is 5.82 Å². The molecule has 1 aliphatic heterocycles. The first-order valence-corrected chi connectivity index (χ1v) is 10.6. The summed E-state index contributed by atoms with van der Waals surface area (Å²) in [6.45, 7) is 2.59. The van der Waals surface area contributed by atoms with Crippen LogP contribution in [0, 0.1) is 0 Å². The lowest BCUT2D eigenvalue weighted by atomic mass is 10.1. The highest BCUT2D eigenvalue weighted by atomic mass is 16.6. The molecule has 4 heterocycles. The highest BCUT2D eigenvalue weighted by Gasteiger charge is 2.27. The number of piperidine rings is 1. The average molecular weight is 488 g/mol. The van der Waals surface area contributed by atoms with Gasteiger partial charge in [-0.3, -0.25) is 9.88 Å². The van der Waals surface area contributed by atoms with Crippen molar-refractivity contribution in [1.82, 2.24) is 35.2 Å². The predicted molar refractivity (Wildman–Crippen MR) is 116 cm³/mol. The Balaban J connectivity index is 0.000000509. The smallest absolute Gasteiger partial charge is 0.414 e. The van der Waals surface area contributed by atoms with Crippen LogP contribution in [0.5, 0.6) is 0 Å². The minimum Gasteiger partial charge on any atom is -0.473 e. The van der Waals surface area contributed by atoms with Gasteiger partial charge < -0.3 is 20.7 Å². The van der Waals surface area contributed by atoms with Crippen molar-refractivity contribution in [2.24, 2.45) is 0 Å². The van der Waals surface area contributed by atoms with Crippen LogP contribution < -0.4 is 5.73 Å². The van der Waals surface area contributed by atoms with Crippen LogP contribution in [-0.2, 0) is 27.3 Å². The normalized spacial score (nSPS) is 13.5. The van der Waals surface area contributed by atoms with Crippen molar-refractivity contribution < 1.29 is 34.0 Å². The first-order valence-electron chi connectivity index (χ1n) is 10.6. The maximum absolute atomic E-state index is 12.7. The largest absolute Gasteiger partial charge is 0.473 e. The number of hydrogen-bond donors (Lipinski definition) is 3. The first-order chi connectivity index (χ1) is 16.9. The zero-order chi connectivity index (χ0) is 25.2. The second kappa shape index (κ2) is 12.2. The number of aliphatic carboxylic acids is 2. The van der Waals surface area contributed by atoms with Gasteiger partial charge in [0.15, 0.2) is 5.69 Å². The van der Waals surface area contributed by atoms with Gasteiger partial charge in [-0.05, 0) is 53.9 Å². The standard InChI is InChI=1S/C18H22N8O3.C2H2O4/c19-16-17(23-29-22-16)26-14(12-25-9-2-1-3-10-25)15(21-24-26)18(27)28-11-6-13-4-7-20-8-5-13;3-1(4)2(5)6/h4-5,7-8H,1-3,6,9-12H2,(H2,19,22);(H,3,4)(H,5,6). The molecule has 0 saturated carbocycles. The molecule has 4 N–H and O–H groups in total. The van der Waals surface area contributed by atoms with Crippen LogP contribution in [0.25, 0.3) is 5.82 Å². The number of carboxylic acids is 2. The van der Waals surface area contributed by atoms with E-state index >= 15 is 0 Å². The molecule has 0 unspecified atom stereocenters. The predicted octanol–water partition coefficient (Wildman–Crippen LogP) is 0.169. The number of esters is 1. The van der Waals surface area contributed by atoms with E-state index in [2.05, 4.69) is 35.1 Å². The van der Waals surface area contributed by atoms with Gasteiger partial charge in [-0.2, -0.15) is 4.68 Å². The van der Waals surface area contributed by atoms with Crippen molar-refractivity contribution in [1.29, 1.82) is 0 Å². The highest BCUT2D eigenvalue weighted by molar-refractivity contribution is 6.27. The number of aromatic nitrogens is 6. The number of anilines is 1. The molecule has 1 aliphatic rings. The maximum Gasteiger partial charge on any atom is 0.414 e. The summed E-state index contributed by atoms with van der Waals surface area (Å²) in [5.74, 6) is -3.90. The van der Waals surface area contributed by atoms with Crippen molar-refractivity contribution in [2.45, 2.75) is 32.2 Å². The van der Waals surface area contributed by atoms with Crippen molar-refractivity contribution in [2.75, 3.05) is 25.4 Å². The summed E-state index contributed by atoms with van der Waals surface area (Å²) in [5.41, 5.74) is 7.55. The Morgan fingerprint density at radius 1 is 1.06 bits per heavy atom. The Labute approximate surface area is 198 Å². The number of hydrogen-bond acceptors (Lipinski definition) is 12. The molecule has 0 atom stereocenters. The van der Waals surface area contributed by atoms with Crippen LogP contribution in [0.2, 0.25) is 0 Å². The molecule has 0 amide bonds. The summed E-state index contributed by atoms with van der Waals surface area (Å²) in [7, 11) is 0. The van der Waals surface area contributed by atoms with E-state index in [1.54, 1.807) is 12.4 Å². The number of ether oxygens (including phenoxy) is 1. The minimum atomic E-state index is -1.82. The van der Waals surface area contributed by atoms with Crippen LogP contribution in [0.4, 0.5) is 5.82 Å². The number of carbonyl (C=O) groups is 3. The molecule has 0 aliphatic carbocycles. The molecule has 0 radical (unpaired) electrons. The van der Waals surface area contributed by atoms with E-state index in [9.17, 15) is 4.79 Å². The van der Waals surface area contributed by atoms with Crippen LogP contribution in [0.15, 0.2) is 29.2 Å². The molecule has 15 nitrogen and oxygen atoms in total. The zero-order valence-corrected chi connectivity index (χ0v) is 18.6. The molecule has 0 bridgehead atoms. The molecule has 186 valence electrons. The van der Waals surface area contributed by atoms with Gasteiger partial charge in [0, 0.05) is 25.4 Å². The summed E-state index contributed by atoms with van der Waals surface area (Å²) in [5, 5.41) is 30.3. The van der Waals surface area contributed by atoms with Crippen molar-refractivity contribution in [3.63, 3.8) is 0 Å². The van der Waals surface area contributed by atoms with Crippen molar-refractivity contribution in [3.05, 3.63) is 41.5 Å². The van der Waals surface area contributed by atoms with Gasteiger partial charge >= 0.3 is 17.9 Å². The molecule has 1 saturated heterocycles. The van der Waals surface area contributed by atoms with Crippen LogP contribution in [0.1, 0.15) is 41.0 Å². The number of carboxylic acid groups (broad SMARTS) is 2. The third-order valence-electron chi connectivity index (χ3n) is 5.03. The van der Waals surface area contributed by atoms with E-state index in [0.29, 0.717) is 18.7 Å². The van der Waals surface area contributed by atoms with Gasteiger partial charge in [0.25, 0.3) is 0 Å². The van der Waals surface area contributed by atoms with Crippen LogP contribution in [0.3, 0.4) is 0 Å². The molecule has 35 heavy (non-hydrogen) atoms. The molecular weight excluding hydrogens is 464 g/mol. The molecule has 0 aromatic carbocycles. The number of nitrogen functional groups attached to an aromatic ring is 1. The van der Waals surface area contributed by atoms with E-state index in [0.717, 1.165) is 31.5 Å². The fraction of sp³-hybridized carbons (Fsp3) is 0.400. The van der Waals surface area contributed by atoms with Gasteiger partial charge in [-0.1, -0.05) is 11.6 Å². The third-order valence-corrected chi connectivity index (χ3v) is 5.03. The molecular formula is C20H24N8O7. The number of carbonyl (C=O) groups excluding carboxylic acids is 1. The van der Waals surface area contributed by atoms with Gasteiger partial charge in [-0.15, -0.1) is 5.10 Å². The quantitative estimate of drug-likeness (QED) is 0.299. The summed E-state index contributed by atoms with van der Waals surface area (Å²) in [6.07, 6.45) is 7.43. The number of likely N-dealkylation sites (tertiary alicyclic amines) is 1. The number of pyridine rings is 1. The van der Waals surface area contributed by atoms with Crippen LogP contribution >= 0.6 is 0 Å². The minimum absolute atomic E-state index is 0.0763. The van der Waals surface area contributed by atoms with E-state index in [1.807, 2.05) is 12.1 Å². The monoisotopic (exact) mass is 488 g/mol. The average Bonchev–Trinajstić information content (AvgIpc) is 3.46. The van der Waals surface area contributed by atoms with Gasteiger partial charge in [0.2, 0.25) is 11.6 Å². The second-order valence-corrected chi connectivity index (χ2v) is 7.46. The maximum atomic E-state index is 12.7. The van der Waals surface area contributed by atoms with E-state index in [1.165, 1.54) is 11.1 Å². The van der Waals surface area contributed by atoms with E-state index in [-0.39, 0.29) is 23.9 Å². The Kier molecular flexibility index (Phi) is 8.77. The number of nitrogens with zero attached hydrogens (tertiary/aromatic N) is 7. The van der Waals surface area contributed by atoms with Gasteiger partial charge in [0.05, 0.1) is 12.3 Å². The topological polar surface area (TPSA) is 213 Å². The van der Waals surface area contributed by atoms with Gasteiger partial charge in [-0.25, -0.2) is 19.0 Å². The van der Waals surface area contributed by atoms with E-state index < -0.39 is 17.9 Å². The lowest BCUT2D eigenvalue weighted by molar-refractivity contribution is -0.159. The fourth-order valence-corrected chi connectivity index (χ4v) is 3.32. The molecule has 15 heteroatoms. The summed E-state index contributed by atoms with van der Waals surface area (Å²) < 4.78 is 11.5. The van der Waals surface area contributed by atoms with Crippen molar-refractivity contribution >= 4 is 23.7 Å². The lowest BCUT2D eigenvalue weighted by Crippen LogP contribution is -2.31. The number of nitrogens with two attached hydrogens (primary N) is 1. The Hall–Kier alpha value is -4.40. The Morgan fingerprint density at radius 3 is 2.34 bits per heavy atom. The number of rotatable bonds is 7. The molecule has 4 rings (SSSR count).